The quantitative estimate of drug-likeness (QED) is 0.924. The number of benzene rings is 1. The van der Waals surface area contributed by atoms with Crippen LogP contribution in [0.5, 0.6) is 0 Å². The average molecular weight is 332 g/mol. The standard InChI is InChI=1S/C14H18ClNO4S/c1-14(2)5-7-16(8-6-14)21(19,20)10-3-4-12(15)11(9-10)13(17)18/h3-4,9H,5-8H2,1-2H3,(H,17,18). The number of piperidine rings is 1. The van der Waals surface area contributed by atoms with Gasteiger partial charge in [0.2, 0.25) is 10.0 Å². The van der Waals surface area contributed by atoms with Crippen LogP contribution in [0.1, 0.15) is 37.0 Å². The minimum Gasteiger partial charge on any atom is -0.478 e. The zero-order valence-electron chi connectivity index (χ0n) is 12.0. The fourth-order valence-corrected chi connectivity index (χ4v) is 3.98. The molecule has 1 N–H and O–H groups in total. The van der Waals surface area contributed by atoms with Gasteiger partial charge in [-0.25, -0.2) is 13.2 Å². The van der Waals surface area contributed by atoms with Gasteiger partial charge >= 0.3 is 5.97 Å². The smallest absolute Gasteiger partial charge is 0.337 e. The first-order valence-electron chi connectivity index (χ1n) is 6.66. The van der Waals surface area contributed by atoms with Crippen molar-refractivity contribution < 1.29 is 18.3 Å². The summed E-state index contributed by atoms with van der Waals surface area (Å²) in [6.07, 6.45) is 1.57. The van der Waals surface area contributed by atoms with Gasteiger partial charge in [-0.1, -0.05) is 25.4 Å². The summed E-state index contributed by atoms with van der Waals surface area (Å²) in [4.78, 5) is 11.0. The molecule has 1 aromatic carbocycles. The van der Waals surface area contributed by atoms with Crippen molar-refractivity contribution in [2.45, 2.75) is 31.6 Å². The van der Waals surface area contributed by atoms with E-state index >= 15 is 0 Å². The Morgan fingerprint density at radius 1 is 1.29 bits per heavy atom. The Kier molecular flexibility index (Phi) is 4.33. The van der Waals surface area contributed by atoms with Crippen molar-refractivity contribution in [1.29, 1.82) is 0 Å². The third-order valence-electron chi connectivity index (χ3n) is 3.88. The highest BCUT2D eigenvalue weighted by Crippen LogP contribution is 2.33. The summed E-state index contributed by atoms with van der Waals surface area (Å²) in [7, 11) is -3.67. The summed E-state index contributed by atoms with van der Waals surface area (Å²) in [5, 5.41) is 9.07. The van der Waals surface area contributed by atoms with Crippen LogP contribution in [-0.2, 0) is 10.0 Å². The summed E-state index contributed by atoms with van der Waals surface area (Å²) in [5.41, 5.74) is -0.0619. The fourth-order valence-electron chi connectivity index (χ4n) is 2.31. The second-order valence-corrected chi connectivity index (χ2v) is 8.36. The molecule has 0 radical (unpaired) electrons. The van der Waals surface area contributed by atoms with Gasteiger partial charge in [-0.05, 0) is 36.5 Å². The highest BCUT2D eigenvalue weighted by Gasteiger charge is 2.33. The van der Waals surface area contributed by atoms with E-state index in [1.165, 1.54) is 16.4 Å². The van der Waals surface area contributed by atoms with Crippen LogP contribution in [-0.4, -0.2) is 36.9 Å². The van der Waals surface area contributed by atoms with Crippen LogP contribution in [0.25, 0.3) is 0 Å². The van der Waals surface area contributed by atoms with Crippen molar-refractivity contribution in [3.8, 4) is 0 Å². The largest absolute Gasteiger partial charge is 0.478 e. The van der Waals surface area contributed by atoms with E-state index in [1.807, 2.05) is 0 Å². The van der Waals surface area contributed by atoms with E-state index in [9.17, 15) is 13.2 Å². The van der Waals surface area contributed by atoms with Crippen molar-refractivity contribution in [1.82, 2.24) is 4.31 Å². The number of aromatic carboxylic acids is 1. The molecule has 0 saturated carbocycles. The van der Waals surface area contributed by atoms with Crippen LogP contribution < -0.4 is 0 Å². The van der Waals surface area contributed by atoms with Gasteiger partial charge in [0.25, 0.3) is 0 Å². The summed E-state index contributed by atoms with van der Waals surface area (Å²) in [5.74, 6) is -1.24. The number of nitrogens with zero attached hydrogens (tertiary/aromatic N) is 1. The molecule has 0 atom stereocenters. The molecule has 21 heavy (non-hydrogen) atoms. The first-order chi connectivity index (χ1) is 9.63. The molecule has 1 saturated heterocycles. The van der Waals surface area contributed by atoms with Gasteiger partial charge in [-0.3, -0.25) is 0 Å². The number of carbonyl (C=O) groups is 1. The van der Waals surface area contributed by atoms with Crippen molar-refractivity contribution in [3.05, 3.63) is 28.8 Å². The number of halogens is 1. The van der Waals surface area contributed by atoms with E-state index in [0.717, 1.165) is 18.9 Å². The normalized spacial score (nSPS) is 19.4. The third-order valence-corrected chi connectivity index (χ3v) is 6.11. The average Bonchev–Trinajstić information content (AvgIpc) is 2.38. The van der Waals surface area contributed by atoms with Crippen LogP contribution in [0.15, 0.2) is 23.1 Å². The Bertz CT molecular complexity index is 660. The lowest BCUT2D eigenvalue weighted by molar-refractivity contribution is 0.0697. The van der Waals surface area contributed by atoms with E-state index in [0.29, 0.717) is 13.1 Å². The molecule has 2 rings (SSSR count). The number of carboxylic acids is 1. The van der Waals surface area contributed by atoms with Gasteiger partial charge in [-0.2, -0.15) is 4.31 Å². The Morgan fingerprint density at radius 2 is 1.86 bits per heavy atom. The minimum atomic E-state index is -3.67. The van der Waals surface area contributed by atoms with Crippen LogP contribution in [0.3, 0.4) is 0 Å². The number of rotatable bonds is 3. The Balaban J connectivity index is 2.33. The molecule has 1 heterocycles. The van der Waals surface area contributed by atoms with Crippen LogP contribution >= 0.6 is 11.6 Å². The van der Waals surface area contributed by atoms with Gasteiger partial charge in [0.1, 0.15) is 0 Å². The first kappa shape index (κ1) is 16.3. The lowest BCUT2D eigenvalue weighted by Crippen LogP contribution is -2.41. The molecule has 0 spiro atoms. The minimum absolute atomic E-state index is 0.0241. The second-order valence-electron chi connectivity index (χ2n) is 6.02. The number of hydrogen-bond donors (Lipinski definition) is 1. The molecule has 0 aliphatic carbocycles. The number of hydrogen-bond acceptors (Lipinski definition) is 3. The van der Waals surface area contributed by atoms with E-state index in [1.54, 1.807) is 0 Å². The van der Waals surface area contributed by atoms with Crippen molar-refractivity contribution in [2.24, 2.45) is 5.41 Å². The van der Waals surface area contributed by atoms with Crippen molar-refractivity contribution in [2.75, 3.05) is 13.1 Å². The topological polar surface area (TPSA) is 74.7 Å². The van der Waals surface area contributed by atoms with E-state index < -0.39 is 16.0 Å². The van der Waals surface area contributed by atoms with Gasteiger partial charge in [-0.15, -0.1) is 0 Å². The lowest BCUT2D eigenvalue weighted by Gasteiger charge is -2.36. The first-order valence-corrected chi connectivity index (χ1v) is 8.48. The molecule has 0 aromatic heterocycles. The van der Waals surface area contributed by atoms with Crippen LogP contribution in [0.4, 0.5) is 0 Å². The third kappa shape index (κ3) is 3.39. The van der Waals surface area contributed by atoms with E-state index in [-0.39, 0.29) is 20.9 Å². The molecule has 1 aliphatic heterocycles. The molecular weight excluding hydrogens is 314 g/mol. The molecule has 1 aliphatic rings. The maximum absolute atomic E-state index is 12.6. The number of carboxylic acid groups (broad SMARTS) is 1. The molecule has 1 fully saturated rings. The molecule has 1 aromatic rings. The highest BCUT2D eigenvalue weighted by molar-refractivity contribution is 7.89. The molecular formula is C14H18ClNO4S. The predicted molar refractivity (Wildman–Crippen MR) is 80.2 cm³/mol. The Hall–Kier alpha value is -1.11. The summed E-state index contributed by atoms with van der Waals surface area (Å²) in [6, 6.07) is 3.79. The summed E-state index contributed by atoms with van der Waals surface area (Å²) >= 11 is 5.78. The van der Waals surface area contributed by atoms with Gasteiger partial charge in [0.05, 0.1) is 15.5 Å². The second kappa shape index (κ2) is 5.59. The Morgan fingerprint density at radius 3 is 2.38 bits per heavy atom. The predicted octanol–water partition coefficient (Wildman–Crippen LogP) is 2.85. The molecule has 0 unspecified atom stereocenters. The maximum atomic E-state index is 12.6. The summed E-state index contributed by atoms with van der Waals surface area (Å²) in [6.45, 7) is 5.12. The van der Waals surface area contributed by atoms with E-state index in [4.69, 9.17) is 16.7 Å². The van der Waals surface area contributed by atoms with Crippen molar-refractivity contribution in [3.63, 3.8) is 0 Å². The molecule has 116 valence electrons. The monoisotopic (exact) mass is 331 g/mol. The van der Waals surface area contributed by atoms with Crippen LogP contribution in [0.2, 0.25) is 5.02 Å². The number of sulfonamides is 1. The molecule has 0 bridgehead atoms. The van der Waals surface area contributed by atoms with Gasteiger partial charge < -0.3 is 5.11 Å². The van der Waals surface area contributed by atoms with Gasteiger partial charge in [0.15, 0.2) is 0 Å². The molecule has 0 amide bonds. The summed E-state index contributed by atoms with van der Waals surface area (Å²) < 4.78 is 26.6. The van der Waals surface area contributed by atoms with E-state index in [2.05, 4.69) is 13.8 Å². The van der Waals surface area contributed by atoms with Gasteiger partial charge in [0, 0.05) is 13.1 Å². The molecule has 7 heteroatoms. The molecule has 5 nitrogen and oxygen atoms in total. The zero-order valence-corrected chi connectivity index (χ0v) is 13.5. The SMILES string of the molecule is CC1(C)CCN(S(=O)(=O)c2ccc(Cl)c(C(=O)O)c2)CC1. The zero-order chi connectivity index (χ0) is 15.8. The van der Waals surface area contributed by atoms with Crippen LogP contribution in [0, 0.1) is 5.41 Å². The fraction of sp³-hybridized carbons (Fsp3) is 0.500. The van der Waals surface area contributed by atoms with Crippen molar-refractivity contribution >= 4 is 27.6 Å². The highest BCUT2D eigenvalue weighted by atomic mass is 35.5. The Labute approximate surface area is 129 Å². The lowest BCUT2D eigenvalue weighted by atomic mass is 9.83. The maximum Gasteiger partial charge on any atom is 0.337 e.